The number of anilines is 1. The highest BCUT2D eigenvalue weighted by molar-refractivity contribution is 5.95. The predicted octanol–water partition coefficient (Wildman–Crippen LogP) is 2.47. The normalized spacial score (nSPS) is 24.3. The molecular formula is C18H25N3O4. The fourth-order valence-electron chi connectivity index (χ4n) is 4.28. The molecule has 1 aliphatic heterocycles. The van der Waals surface area contributed by atoms with E-state index >= 15 is 0 Å². The van der Waals surface area contributed by atoms with Gasteiger partial charge in [-0.2, -0.15) is 0 Å². The minimum absolute atomic E-state index is 0.0731. The molecule has 1 aliphatic carbocycles. The summed E-state index contributed by atoms with van der Waals surface area (Å²) in [4.78, 5) is 24.9. The van der Waals surface area contributed by atoms with Crippen molar-refractivity contribution >= 4 is 17.3 Å². The number of nitro groups is 1. The molecule has 7 nitrogen and oxygen atoms in total. The van der Waals surface area contributed by atoms with Crippen molar-refractivity contribution in [2.45, 2.75) is 50.7 Å². The quantitative estimate of drug-likeness (QED) is 0.644. The Morgan fingerprint density at radius 2 is 2.04 bits per heavy atom. The van der Waals surface area contributed by atoms with Crippen LogP contribution in [0.5, 0.6) is 0 Å². The van der Waals surface area contributed by atoms with Gasteiger partial charge < -0.3 is 15.3 Å². The van der Waals surface area contributed by atoms with E-state index in [0.717, 1.165) is 12.8 Å². The molecule has 25 heavy (non-hydrogen) atoms. The topological polar surface area (TPSA) is 95.7 Å². The molecule has 3 rings (SSSR count). The van der Waals surface area contributed by atoms with Gasteiger partial charge in [0.15, 0.2) is 0 Å². The highest BCUT2D eigenvalue weighted by Gasteiger charge is 2.39. The smallest absolute Gasteiger partial charge is 0.293 e. The number of hydrogen-bond donors (Lipinski definition) is 2. The van der Waals surface area contributed by atoms with Crippen LogP contribution in [0, 0.1) is 16.0 Å². The van der Waals surface area contributed by atoms with Crippen LogP contribution in [0.1, 0.15) is 48.9 Å². The molecule has 1 amide bonds. The lowest BCUT2D eigenvalue weighted by atomic mass is 9.82. The molecule has 1 heterocycles. The lowest BCUT2D eigenvalue weighted by molar-refractivity contribution is -0.384. The van der Waals surface area contributed by atoms with Crippen LogP contribution in [0.4, 0.5) is 11.4 Å². The largest absolute Gasteiger partial charge is 0.391 e. The van der Waals surface area contributed by atoms with Crippen LogP contribution in [0.25, 0.3) is 0 Å². The number of rotatable bonds is 4. The van der Waals surface area contributed by atoms with Gasteiger partial charge in [0, 0.05) is 31.3 Å². The van der Waals surface area contributed by atoms with Crippen molar-refractivity contribution < 1.29 is 14.8 Å². The number of nitrogens with one attached hydrogen (secondary N) is 1. The van der Waals surface area contributed by atoms with E-state index in [4.69, 9.17) is 0 Å². The van der Waals surface area contributed by atoms with Crippen LogP contribution < -0.4 is 10.2 Å². The molecule has 7 heteroatoms. The Labute approximate surface area is 147 Å². The number of carbonyl (C=O) groups excluding carboxylic acids is 1. The molecule has 0 unspecified atom stereocenters. The molecule has 0 radical (unpaired) electrons. The minimum atomic E-state index is -0.467. The molecule has 1 aromatic carbocycles. The summed E-state index contributed by atoms with van der Waals surface area (Å²) in [6, 6.07) is 4.72. The predicted molar refractivity (Wildman–Crippen MR) is 94.8 cm³/mol. The summed E-state index contributed by atoms with van der Waals surface area (Å²) in [5.74, 6) is 0.115. The number of aliphatic hydroxyl groups excluding tert-OH is 1. The zero-order chi connectivity index (χ0) is 18.0. The van der Waals surface area contributed by atoms with Gasteiger partial charge in [-0.25, -0.2) is 0 Å². The Balaban J connectivity index is 1.95. The first-order valence-corrected chi connectivity index (χ1v) is 8.96. The van der Waals surface area contributed by atoms with Gasteiger partial charge in [-0.15, -0.1) is 0 Å². The first kappa shape index (κ1) is 17.7. The first-order valence-electron chi connectivity index (χ1n) is 8.96. The number of benzene rings is 1. The van der Waals surface area contributed by atoms with Gasteiger partial charge in [-0.1, -0.05) is 19.3 Å². The third-order valence-electron chi connectivity index (χ3n) is 5.49. The van der Waals surface area contributed by atoms with Crippen molar-refractivity contribution in [3.8, 4) is 0 Å². The second-order valence-corrected chi connectivity index (χ2v) is 7.05. The molecule has 1 saturated heterocycles. The monoisotopic (exact) mass is 347 g/mol. The van der Waals surface area contributed by atoms with Gasteiger partial charge in [-0.3, -0.25) is 14.9 Å². The van der Waals surface area contributed by atoms with Crippen molar-refractivity contribution in [2.75, 3.05) is 18.5 Å². The number of nitrogens with zero attached hydrogens (tertiary/aromatic N) is 2. The lowest BCUT2D eigenvalue weighted by Crippen LogP contribution is -2.37. The zero-order valence-corrected chi connectivity index (χ0v) is 14.5. The number of aliphatic hydroxyl groups is 1. The zero-order valence-electron chi connectivity index (χ0n) is 14.5. The summed E-state index contributed by atoms with van der Waals surface area (Å²) in [6.45, 7) is 0.404. The Morgan fingerprint density at radius 1 is 1.32 bits per heavy atom. The molecular weight excluding hydrogens is 322 g/mol. The molecule has 2 N–H and O–H groups in total. The standard InChI is InChI=1S/C18H25N3O4/c1-19-18(23)13-7-8-15(17(9-13)21(24)25)20-11-14(22)10-16(20)12-5-3-2-4-6-12/h7-9,12,14,16,22H,2-6,10-11H2,1H3,(H,19,23)/t14-,16-/m0/s1. The van der Waals surface area contributed by atoms with E-state index in [0.29, 0.717) is 24.6 Å². The van der Waals surface area contributed by atoms with Crippen LogP contribution in [-0.4, -0.2) is 41.7 Å². The van der Waals surface area contributed by atoms with Crippen molar-refractivity contribution in [2.24, 2.45) is 5.92 Å². The van der Waals surface area contributed by atoms with Gasteiger partial charge in [-0.05, 0) is 37.3 Å². The molecule has 0 spiro atoms. The molecule has 2 fully saturated rings. The van der Waals surface area contributed by atoms with Crippen LogP contribution in [-0.2, 0) is 0 Å². The maximum absolute atomic E-state index is 11.8. The van der Waals surface area contributed by atoms with Gasteiger partial charge in [0.25, 0.3) is 11.6 Å². The van der Waals surface area contributed by atoms with Gasteiger partial charge in [0.2, 0.25) is 0 Å². The summed E-state index contributed by atoms with van der Waals surface area (Å²) in [5.41, 5.74) is 0.702. The van der Waals surface area contributed by atoms with Crippen LogP contribution in [0.3, 0.4) is 0 Å². The maximum Gasteiger partial charge on any atom is 0.293 e. The van der Waals surface area contributed by atoms with E-state index in [1.807, 2.05) is 4.90 Å². The average molecular weight is 347 g/mol. The summed E-state index contributed by atoms with van der Waals surface area (Å²) in [7, 11) is 1.50. The molecule has 2 atom stereocenters. The van der Waals surface area contributed by atoms with Gasteiger partial charge in [0.05, 0.1) is 11.0 Å². The number of β-amino-alcohol motifs (C(OH)–C–C–N with tert-alkyl or cyclic N) is 1. The molecule has 136 valence electrons. The van der Waals surface area contributed by atoms with E-state index < -0.39 is 11.0 Å². The first-order chi connectivity index (χ1) is 12.0. The molecule has 1 saturated carbocycles. The van der Waals surface area contributed by atoms with E-state index in [2.05, 4.69) is 5.32 Å². The summed E-state index contributed by atoms with van der Waals surface area (Å²) >= 11 is 0. The Kier molecular flexibility index (Phi) is 5.22. The van der Waals surface area contributed by atoms with Crippen molar-refractivity contribution in [3.05, 3.63) is 33.9 Å². The molecule has 0 bridgehead atoms. The van der Waals surface area contributed by atoms with Crippen LogP contribution >= 0.6 is 0 Å². The van der Waals surface area contributed by atoms with E-state index in [1.165, 1.54) is 32.4 Å². The van der Waals surface area contributed by atoms with Crippen molar-refractivity contribution in [1.82, 2.24) is 5.32 Å². The fraction of sp³-hybridized carbons (Fsp3) is 0.611. The SMILES string of the molecule is CNC(=O)c1ccc(N2C[C@@H](O)C[C@H]2C2CCCCC2)c([N+](=O)[O-])c1. The van der Waals surface area contributed by atoms with E-state index in [-0.39, 0.29) is 23.2 Å². The molecule has 1 aromatic rings. The van der Waals surface area contributed by atoms with Crippen LogP contribution in [0.15, 0.2) is 18.2 Å². The lowest BCUT2D eigenvalue weighted by Gasteiger charge is -2.34. The number of hydrogen-bond acceptors (Lipinski definition) is 5. The van der Waals surface area contributed by atoms with Gasteiger partial charge >= 0.3 is 0 Å². The van der Waals surface area contributed by atoms with Gasteiger partial charge in [0.1, 0.15) is 5.69 Å². The van der Waals surface area contributed by atoms with Crippen molar-refractivity contribution in [1.29, 1.82) is 0 Å². The fourth-order valence-corrected chi connectivity index (χ4v) is 4.28. The number of nitro benzene ring substituents is 1. The Morgan fingerprint density at radius 3 is 2.68 bits per heavy atom. The summed E-state index contributed by atoms with van der Waals surface area (Å²) < 4.78 is 0. The Hall–Kier alpha value is -2.15. The summed E-state index contributed by atoms with van der Waals surface area (Å²) in [6.07, 6.45) is 6.01. The average Bonchev–Trinajstić information content (AvgIpc) is 3.02. The van der Waals surface area contributed by atoms with E-state index in [1.54, 1.807) is 12.1 Å². The highest BCUT2D eigenvalue weighted by atomic mass is 16.6. The second kappa shape index (κ2) is 7.39. The second-order valence-electron chi connectivity index (χ2n) is 7.05. The number of carbonyl (C=O) groups is 1. The highest BCUT2D eigenvalue weighted by Crippen LogP contribution is 2.40. The van der Waals surface area contributed by atoms with Crippen molar-refractivity contribution in [3.63, 3.8) is 0 Å². The number of amides is 1. The van der Waals surface area contributed by atoms with E-state index in [9.17, 15) is 20.0 Å². The third kappa shape index (κ3) is 3.61. The molecule has 0 aromatic heterocycles. The molecule has 2 aliphatic rings. The third-order valence-corrected chi connectivity index (χ3v) is 5.49. The van der Waals surface area contributed by atoms with Crippen LogP contribution in [0.2, 0.25) is 0 Å². The minimum Gasteiger partial charge on any atom is -0.391 e. The Bertz CT molecular complexity index is 658. The maximum atomic E-state index is 11.8. The summed E-state index contributed by atoms with van der Waals surface area (Å²) in [5, 5.41) is 24.3.